The van der Waals surface area contributed by atoms with Gasteiger partial charge in [0.1, 0.15) is 0 Å². The zero-order valence-corrected chi connectivity index (χ0v) is 8.17. The molecule has 0 aliphatic heterocycles. The van der Waals surface area contributed by atoms with Crippen molar-refractivity contribution in [1.29, 1.82) is 0 Å². The van der Waals surface area contributed by atoms with Crippen molar-refractivity contribution < 1.29 is 0 Å². The molecule has 1 heteroatoms. The first-order valence-electron chi connectivity index (χ1n) is 3.56. The second-order valence-electron chi connectivity index (χ2n) is 2.14. The van der Waals surface area contributed by atoms with E-state index in [0.717, 1.165) is 0 Å². The molecule has 0 aliphatic carbocycles. The van der Waals surface area contributed by atoms with Crippen LogP contribution in [0, 0.1) is 6.07 Å². The highest BCUT2D eigenvalue weighted by atomic mass is 28.1. The van der Waals surface area contributed by atoms with Crippen LogP contribution in [0.1, 0.15) is 5.56 Å². The Morgan fingerprint density at radius 3 is 2.70 bits per heavy atom. The van der Waals surface area contributed by atoms with Crippen LogP contribution >= 0.6 is 0 Å². The SMILES string of the molecule is [SiH3]CC=Cc1cc[c]cc1. The first-order valence-corrected chi connectivity index (χ1v) is 4.97. The van der Waals surface area contributed by atoms with Crippen LogP contribution in [0.4, 0.5) is 0 Å². The summed E-state index contributed by atoms with van der Waals surface area (Å²) in [7, 11) is 1.26. The molecule has 0 aromatic heterocycles. The summed E-state index contributed by atoms with van der Waals surface area (Å²) in [6.07, 6.45) is 4.36. The van der Waals surface area contributed by atoms with Crippen molar-refractivity contribution in [2.45, 2.75) is 6.04 Å². The molecule has 0 aliphatic rings. The lowest BCUT2D eigenvalue weighted by molar-refractivity contribution is 1.63. The highest BCUT2D eigenvalue weighted by Crippen LogP contribution is 2.00. The fourth-order valence-electron chi connectivity index (χ4n) is 0.765. The molecule has 0 spiro atoms. The zero-order chi connectivity index (χ0) is 7.23. The normalized spacial score (nSPS) is 10.8. The number of hydrogen-bond donors (Lipinski definition) is 0. The number of allylic oxidation sites excluding steroid dienone is 1. The topological polar surface area (TPSA) is 0 Å². The molecule has 1 rings (SSSR count). The van der Waals surface area contributed by atoms with Crippen molar-refractivity contribution in [3.63, 3.8) is 0 Å². The summed E-state index contributed by atoms with van der Waals surface area (Å²) in [6, 6.07) is 12.2. The maximum absolute atomic E-state index is 2.98. The van der Waals surface area contributed by atoms with Gasteiger partial charge in [-0.1, -0.05) is 36.4 Å². The first-order chi connectivity index (χ1) is 4.93. The second-order valence-corrected chi connectivity index (χ2v) is 2.96. The van der Waals surface area contributed by atoms with Crippen LogP contribution in [-0.2, 0) is 0 Å². The van der Waals surface area contributed by atoms with Gasteiger partial charge in [-0.3, -0.25) is 0 Å². The Labute approximate surface area is 65.0 Å². The maximum atomic E-state index is 2.98. The van der Waals surface area contributed by atoms with E-state index < -0.39 is 0 Å². The number of benzene rings is 1. The average molecular weight is 147 g/mol. The summed E-state index contributed by atoms with van der Waals surface area (Å²) in [5.74, 6) is 0. The Hall–Kier alpha value is -0.823. The molecule has 1 radical (unpaired) electrons. The molecule has 0 heterocycles. The van der Waals surface area contributed by atoms with Gasteiger partial charge >= 0.3 is 0 Å². The molecule has 0 N–H and O–H groups in total. The summed E-state index contributed by atoms with van der Waals surface area (Å²) >= 11 is 0. The highest BCUT2D eigenvalue weighted by Gasteiger charge is 1.79. The largest absolute Gasteiger partial charge is 0.0875 e. The Morgan fingerprint density at radius 1 is 1.40 bits per heavy atom. The molecule has 0 unspecified atom stereocenters. The summed E-state index contributed by atoms with van der Waals surface area (Å²) in [5, 5.41) is 0. The molecule has 1 aromatic carbocycles. The van der Waals surface area contributed by atoms with Gasteiger partial charge in [-0.15, -0.1) is 0 Å². The van der Waals surface area contributed by atoms with Gasteiger partial charge in [0.25, 0.3) is 0 Å². The minimum atomic E-state index is 1.23. The van der Waals surface area contributed by atoms with Gasteiger partial charge in [0, 0.05) is 10.2 Å². The van der Waals surface area contributed by atoms with Crippen molar-refractivity contribution >= 4 is 16.3 Å². The monoisotopic (exact) mass is 147 g/mol. The zero-order valence-electron chi connectivity index (χ0n) is 6.17. The highest BCUT2D eigenvalue weighted by molar-refractivity contribution is 6.09. The van der Waals surface area contributed by atoms with Crippen LogP contribution in [-0.4, -0.2) is 10.2 Å². The molecule has 0 saturated heterocycles. The lowest BCUT2D eigenvalue weighted by Gasteiger charge is -1.87. The van der Waals surface area contributed by atoms with Gasteiger partial charge in [-0.25, -0.2) is 0 Å². The van der Waals surface area contributed by atoms with Gasteiger partial charge in [0.05, 0.1) is 0 Å². The van der Waals surface area contributed by atoms with Crippen molar-refractivity contribution in [3.05, 3.63) is 42.0 Å². The molecule has 0 amide bonds. The lowest BCUT2D eigenvalue weighted by Crippen LogP contribution is -1.67. The summed E-state index contributed by atoms with van der Waals surface area (Å²) in [6.45, 7) is 0. The van der Waals surface area contributed by atoms with E-state index in [-0.39, 0.29) is 0 Å². The molecular weight excluding hydrogens is 136 g/mol. The van der Waals surface area contributed by atoms with Crippen molar-refractivity contribution in [1.82, 2.24) is 0 Å². The van der Waals surface area contributed by atoms with E-state index in [1.807, 2.05) is 12.1 Å². The van der Waals surface area contributed by atoms with E-state index in [4.69, 9.17) is 0 Å². The molecular formula is C9H11Si. The minimum Gasteiger partial charge on any atom is -0.0875 e. The van der Waals surface area contributed by atoms with Crippen molar-refractivity contribution in [3.8, 4) is 0 Å². The molecule has 1 aromatic rings. The third kappa shape index (κ3) is 2.19. The summed E-state index contributed by atoms with van der Waals surface area (Å²) in [5.41, 5.74) is 1.27. The van der Waals surface area contributed by atoms with Gasteiger partial charge in [0.2, 0.25) is 0 Å². The second kappa shape index (κ2) is 4.07. The first kappa shape index (κ1) is 7.29. The molecule has 0 bridgehead atoms. The van der Waals surface area contributed by atoms with Gasteiger partial charge in [-0.05, 0) is 17.7 Å². The predicted molar refractivity (Wildman–Crippen MR) is 49.1 cm³/mol. The van der Waals surface area contributed by atoms with Gasteiger partial charge < -0.3 is 0 Å². The Bertz CT molecular complexity index is 201. The van der Waals surface area contributed by atoms with Crippen molar-refractivity contribution in [2.75, 3.05) is 0 Å². The third-order valence-corrected chi connectivity index (χ3v) is 1.76. The number of rotatable bonds is 2. The smallest absolute Gasteiger partial charge is 0.00756 e. The van der Waals surface area contributed by atoms with Crippen LogP contribution in [0.25, 0.3) is 6.08 Å². The van der Waals surface area contributed by atoms with Gasteiger partial charge in [0.15, 0.2) is 0 Å². The van der Waals surface area contributed by atoms with E-state index in [9.17, 15) is 0 Å². The lowest BCUT2D eigenvalue weighted by atomic mass is 10.2. The molecule has 0 fully saturated rings. The molecule has 0 nitrogen and oxygen atoms in total. The quantitative estimate of drug-likeness (QED) is 0.553. The van der Waals surface area contributed by atoms with E-state index in [0.29, 0.717) is 0 Å². The molecule has 51 valence electrons. The summed E-state index contributed by atoms with van der Waals surface area (Å²) in [4.78, 5) is 0. The predicted octanol–water partition coefficient (Wildman–Crippen LogP) is 1.28. The standard InChI is InChI=1S/C9H11Si/c10-8-4-7-9-5-2-1-3-6-9/h2-7H,8H2,10H3. The Kier molecular flexibility index (Phi) is 2.96. The Morgan fingerprint density at radius 2 is 2.10 bits per heavy atom. The third-order valence-electron chi connectivity index (χ3n) is 1.29. The van der Waals surface area contributed by atoms with Gasteiger partial charge in [-0.2, -0.15) is 0 Å². The maximum Gasteiger partial charge on any atom is 0.00756 e. The van der Waals surface area contributed by atoms with Crippen LogP contribution in [0.5, 0.6) is 0 Å². The van der Waals surface area contributed by atoms with Crippen LogP contribution < -0.4 is 0 Å². The Balaban J connectivity index is 2.67. The average Bonchev–Trinajstić information content (AvgIpc) is 2.03. The number of hydrogen-bond acceptors (Lipinski definition) is 0. The minimum absolute atomic E-state index is 1.23. The van der Waals surface area contributed by atoms with Crippen LogP contribution in [0.2, 0.25) is 6.04 Å². The van der Waals surface area contributed by atoms with E-state index >= 15 is 0 Å². The molecule has 0 saturated carbocycles. The fourth-order valence-corrected chi connectivity index (χ4v) is 1.00. The fraction of sp³-hybridized carbons (Fsp3) is 0.111. The van der Waals surface area contributed by atoms with E-state index in [2.05, 4.69) is 30.4 Å². The molecule has 10 heavy (non-hydrogen) atoms. The van der Waals surface area contributed by atoms with Crippen LogP contribution in [0.3, 0.4) is 0 Å². The van der Waals surface area contributed by atoms with Crippen LogP contribution in [0.15, 0.2) is 30.3 Å². The van der Waals surface area contributed by atoms with Crippen molar-refractivity contribution in [2.24, 2.45) is 0 Å². The summed E-state index contributed by atoms with van der Waals surface area (Å²) < 4.78 is 0. The molecule has 0 atom stereocenters. The van der Waals surface area contributed by atoms with E-state index in [1.54, 1.807) is 0 Å². The van der Waals surface area contributed by atoms with E-state index in [1.165, 1.54) is 21.9 Å².